The smallest absolute Gasteiger partial charge is 0.393 e. The highest BCUT2D eigenvalue weighted by Gasteiger charge is 2.51. The Balaban J connectivity index is 2.43. The lowest BCUT2D eigenvalue weighted by Crippen LogP contribution is -2.64. The van der Waals surface area contributed by atoms with Crippen LogP contribution >= 0.6 is 7.82 Å². The first-order valence-electron chi connectivity index (χ1n) is 27.4. The summed E-state index contributed by atoms with van der Waals surface area (Å²) in [5.74, 6) is -0.562. The fourth-order valence-electron chi connectivity index (χ4n) is 8.89. The van der Waals surface area contributed by atoms with E-state index >= 15 is 0 Å². The predicted octanol–water partition coefficient (Wildman–Crippen LogP) is 10.7. The van der Waals surface area contributed by atoms with Gasteiger partial charge in [0, 0.05) is 0 Å². The van der Waals surface area contributed by atoms with Gasteiger partial charge in [-0.25, -0.2) is 4.57 Å². The molecule has 8 atom stereocenters. The number of rotatable bonds is 46. The van der Waals surface area contributed by atoms with Gasteiger partial charge in [0.25, 0.3) is 0 Å². The van der Waals surface area contributed by atoms with Crippen molar-refractivity contribution in [2.24, 2.45) is 0 Å². The monoisotopic (exact) mass is 976 g/mol. The molecule has 0 aliphatic heterocycles. The number of nitrogens with one attached hydrogen (secondary N) is 1. The van der Waals surface area contributed by atoms with E-state index in [1.165, 1.54) is 141 Å². The Morgan fingerprint density at radius 2 is 0.866 bits per heavy atom. The number of carbonyl (C=O) groups is 1. The van der Waals surface area contributed by atoms with Crippen LogP contribution in [0.4, 0.5) is 0 Å². The van der Waals surface area contributed by atoms with Gasteiger partial charge >= 0.3 is 7.82 Å². The van der Waals surface area contributed by atoms with Crippen molar-refractivity contribution in [1.29, 1.82) is 0 Å². The Bertz CT molecular complexity index is 1240. The van der Waals surface area contributed by atoms with Crippen molar-refractivity contribution in [1.82, 2.24) is 5.32 Å². The Kier molecular flexibility index (Phi) is 40.4. The van der Waals surface area contributed by atoms with Gasteiger partial charge in [0.15, 0.2) is 0 Å². The highest BCUT2D eigenvalue weighted by molar-refractivity contribution is 7.47. The van der Waals surface area contributed by atoms with Crippen LogP contribution < -0.4 is 5.32 Å². The Labute approximate surface area is 407 Å². The first-order chi connectivity index (χ1) is 32.3. The molecule has 1 rings (SSSR count). The zero-order valence-electron chi connectivity index (χ0n) is 42.3. The molecule has 0 radical (unpaired) electrons. The zero-order valence-corrected chi connectivity index (χ0v) is 43.2. The Hall–Kier alpha value is -1.22. The van der Waals surface area contributed by atoms with Crippen molar-refractivity contribution in [2.45, 2.75) is 300 Å². The topological polar surface area (TPSA) is 226 Å². The third-order valence-electron chi connectivity index (χ3n) is 13.3. The molecule has 0 spiro atoms. The van der Waals surface area contributed by atoms with Crippen LogP contribution in [-0.2, 0) is 18.4 Å². The average Bonchev–Trinajstić information content (AvgIpc) is 3.30. The molecule has 0 aromatic carbocycles. The third-order valence-corrected chi connectivity index (χ3v) is 14.3. The van der Waals surface area contributed by atoms with Crippen molar-refractivity contribution in [3.05, 3.63) is 24.3 Å². The summed E-state index contributed by atoms with van der Waals surface area (Å²) in [7, 11) is -5.12. The van der Waals surface area contributed by atoms with Crippen LogP contribution in [0.25, 0.3) is 0 Å². The first-order valence-corrected chi connectivity index (χ1v) is 28.9. The van der Waals surface area contributed by atoms with Crippen LogP contribution in [0.1, 0.15) is 245 Å². The van der Waals surface area contributed by atoms with Crippen molar-refractivity contribution < 1.29 is 59.0 Å². The molecule has 67 heavy (non-hydrogen) atoms. The van der Waals surface area contributed by atoms with Crippen molar-refractivity contribution >= 4 is 13.7 Å². The van der Waals surface area contributed by atoms with Gasteiger partial charge in [0.1, 0.15) is 36.6 Å². The van der Waals surface area contributed by atoms with Gasteiger partial charge in [-0.05, 0) is 38.5 Å². The molecular formula is C53H102NO12P. The summed E-state index contributed by atoms with van der Waals surface area (Å²) < 4.78 is 23.0. The molecule has 0 saturated heterocycles. The molecule has 1 fully saturated rings. The van der Waals surface area contributed by atoms with E-state index in [0.29, 0.717) is 12.8 Å². The molecule has 8 unspecified atom stereocenters. The van der Waals surface area contributed by atoms with E-state index in [2.05, 4.69) is 43.5 Å². The van der Waals surface area contributed by atoms with Crippen LogP contribution in [0.2, 0.25) is 0 Å². The first kappa shape index (κ1) is 63.8. The van der Waals surface area contributed by atoms with Gasteiger partial charge < -0.3 is 46.0 Å². The van der Waals surface area contributed by atoms with Crippen LogP contribution in [-0.4, -0.2) is 108 Å². The third kappa shape index (κ3) is 33.9. The summed E-state index contributed by atoms with van der Waals surface area (Å²) in [4.78, 5) is 23.6. The van der Waals surface area contributed by atoms with Gasteiger partial charge in [-0.15, -0.1) is 0 Å². The second kappa shape index (κ2) is 42.5. The molecule has 1 amide bonds. The molecule has 13 nitrogen and oxygen atoms in total. The molecule has 9 N–H and O–H groups in total. The molecule has 1 saturated carbocycles. The van der Waals surface area contributed by atoms with Gasteiger partial charge in [-0.1, -0.05) is 224 Å². The summed E-state index contributed by atoms with van der Waals surface area (Å²) in [6, 6.07) is -1.16. The van der Waals surface area contributed by atoms with Gasteiger partial charge in [0.2, 0.25) is 5.91 Å². The lowest BCUT2D eigenvalue weighted by molar-refractivity contribution is -0.220. The van der Waals surface area contributed by atoms with Crippen molar-refractivity contribution in [3.63, 3.8) is 0 Å². The summed E-state index contributed by atoms with van der Waals surface area (Å²) in [5, 5.41) is 75.0. The summed E-state index contributed by atoms with van der Waals surface area (Å²) >= 11 is 0. The minimum Gasteiger partial charge on any atom is -0.393 e. The Morgan fingerprint density at radius 3 is 1.30 bits per heavy atom. The second-order valence-electron chi connectivity index (χ2n) is 19.7. The second-order valence-corrected chi connectivity index (χ2v) is 21.1. The SMILES string of the molecule is CCCCC/C=C\C=C/CCCCCCCCCCC(O)CC(=O)NC(COP(=O)(O)OC1C(O)C(O)C(O)C(O)C1O)C(O)CCCCCCCCCCCCCCCCCCCCCC. The number of hydrogen-bond acceptors (Lipinski definition) is 11. The van der Waals surface area contributed by atoms with Gasteiger partial charge in [-0.3, -0.25) is 13.8 Å². The standard InChI is InChI=1S/C53H102NO12P/c1-3-5-7-9-11-13-15-17-19-21-22-23-25-27-29-31-33-35-37-39-41-46(56)45(43-65-67(63,64)66-53-51(61)49(59)48(58)50(60)52(53)62)54-47(57)42-44(55)40-38-36-34-32-30-28-26-24-20-18-16-14-12-10-8-6-4-2/h12,14,16,18,44-46,48-53,55-56,58-62H,3-11,13,15,17,19-43H2,1-2H3,(H,54,57)(H,63,64)/b14-12-,18-16-. The molecule has 1 aliphatic carbocycles. The van der Waals surface area contributed by atoms with Gasteiger partial charge in [-0.2, -0.15) is 0 Å². The van der Waals surface area contributed by atoms with E-state index in [9.17, 15) is 50.0 Å². The lowest BCUT2D eigenvalue weighted by Gasteiger charge is -2.41. The number of phosphoric acid groups is 1. The largest absolute Gasteiger partial charge is 0.472 e. The fraction of sp³-hybridized carbons (Fsp3) is 0.906. The molecular weight excluding hydrogens is 874 g/mol. The lowest BCUT2D eigenvalue weighted by atomic mass is 9.85. The van der Waals surface area contributed by atoms with E-state index < -0.39 is 75.2 Å². The molecule has 396 valence electrons. The van der Waals surface area contributed by atoms with Gasteiger partial charge in [0.05, 0.1) is 31.3 Å². The number of amides is 1. The van der Waals surface area contributed by atoms with E-state index in [1.54, 1.807) is 0 Å². The molecule has 1 aliphatic rings. The molecule has 0 bridgehead atoms. The highest BCUT2D eigenvalue weighted by atomic mass is 31.2. The maximum Gasteiger partial charge on any atom is 0.472 e. The number of allylic oxidation sites excluding steroid dienone is 4. The van der Waals surface area contributed by atoms with Crippen LogP contribution in [0.3, 0.4) is 0 Å². The quantitative estimate of drug-likeness (QED) is 0.0158. The molecule has 0 aromatic heterocycles. The normalized spacial score (nSPS) is 22.4. The molecule has 0 aromatic rings. The van der Waals surface area contributed by atoms with E-state index in [1.807, 2.05) is 0 Å². The molecule has 14 heteroatoms. The predicted molar refractivity (Wildman–Crippen MR) is 270 cm³/mol. The van der Waals surface area contributed by atoms with Crippen molar-refractivity contribution in [3.8, 4) is 0 Å². The minimum atomic E-state index is -5.12. The van der Waals surface area contributed by atoms with Crippen molar-refractivity contribution in [2.75, 3.05) is 6.61 Å². The van der Waals surface area contributed by atoms with E-state index in [4.69, 9.17) is 9.05 Å². The summed E-state index contributed by atoms with van der Waals surface area (Å²) in [6.07, 6.45) is 34.9. The summed E-state index contributed by atoms with van der Waals surface area (Å²) in [5.41, 5.74) is 0. The number of unbranched alkanes of at least 4 members (excludes halogenated alkanes) is 30. The average molecular weight is 976 g/mol. The minimum absolute atomic E-state index is 0.225. The molecule has 0 heterocycles. The number of aliphatic hydroxyl groups is 7. The number of hydrogen-bond donors (Lipinski definition) is 9. The zero-order chi connectivity index (χ0) is 49.4. The van der Waals surface area contributed by atoms with Crippen LogP contribution in [0.15, 0.2) is 24.3 Å². The van der Waals surface area contributed by atoms with E-state index in [0.717, 1.165) is 64.2 Å². The number of carbonyl (C=O) groups excluding carboxylic acids is 1. The van der Waals surface area contributed by atoms with Crippen LogP contribution in [0.5, 0.6) is 0 Å². The fourth-order valence-corrected chi connectivity index (χ4v) is 9.85. The maximum atomic E-state index is 13.1. The maximum absolute atomic E-state index is 13.1. The summed E-state index contributed by atoms with van der Waals surface area (Å²) in [6.45, 7) is 3.80. The Morgan fingerprint density at radius 1 is 0.522 bits per heavy atom. The highest BCUT2D eigenvalue weighted by Crippen LogP contribution is 2.47. The van der Waals surface area contributed by atoms with E-state index in [-0.39, 0.29) is 12.8 Å². The number of phosphoric ester groups is 1. The van der Waals surface area contributed by atoms with Crippen LogP contribution in [0, 0.1) is 0 Å². The number of aliphatic hydroxyl groups excluding tert-OH is 7.